The first-order valence-corrected chi connectivity index (χ1v) is 6.95. The van der Waals surface area contributed by atoms with Crippen molar-refractivity contribution < 1.29 is 23.1 Å². The largest absolute Gasteiger partial charge is 0.478 e. The zero-order valence-corrected chi connectivity index (χ0v) is 11.6. The number of hydrogen-bond acceptors (Lipinski definition) is 2. The highest BCUT2D eigenvalue weighted by Crippen LogP contribution is 2.31. The van der Waals surface area contributed by atoms with Gasteiger partial charge in [-0.3, -0.25) is 4.90 Å². The maximum absolute atomic E-state index is 12.3. The van der Waals surface area contributed by atoms with Crippen molar-refractivity contribution in [2.24, 2.45) is 5.92 Å². The second kappa shape index (κ2) is 6.47. The summed E-state index contributed by atoms with van der Waals surface area (Å²) in [7, 11) is 0. The SMILES string of the molecule is O=C(O)c1ccc(CN2CCC(CC(F)(F)F)CC2)cc1. The molecule has 1 heterocycles. The Morgan fingerprint density at radius 1 is 1.19 bits per heavy atom. The summed E-state index contributed by atoms with van der Waals surface area (Å²) in [5, 5.41) is 8.82. The molecule has 21 heavy (non-hydrogen) atoms. The zero-order chi connectivity index (χ0) is 15.5. The van der Waals surface area contributed by atoms with E-state index in [2.05, 4.69) is 4.90 Å². The lowest BCUT2D eigenvalue weighted by atomic mass is 9.93. The van der Waals surface area contributed by atoms with Gasteiger partial charge in [0, 0.05) is 13.0 Å². The molecule has 116 valence electrons. The predicted octanol–water partition coefficient (Wildman–Crippen LogP) is 3.55. The van der Waals surface area contributed by atoms with Gasteiger partial charge in [0.15, 0.2) is 0 Å². The van der Waals surface area contributed by atoms with Gasteiger partial charge in [0.05, 0.1) is 5.56 Å². The quantitative estimate of drug-likeness (QED) is 0.924. The third kappa shape index (κ3) is 5.04. The van der Waals surface area contributed by atoms with Crippen molar-refractivity contribution in [2.75, 3.05) is 13.1 Å². The van der Waals surface area contributed by atoms with E-state index >= 15 is 0 Å². The Morgan fingerprint density at radius 2 is 1.76 bits per heavy atom. The third-order valence-corrected chi connectivity index (χ3v) is 3.83. The molecule has 0 radical (unpaired) electrons. The summed E-state index contributed by atoms with van der Waals surface area (Å²) in [6.07, 6.45) is -3.63. The van der Waals surface area contributed by atoms with Crippen LogP contribution in [0.5, 0.6) is 0 Å². The fourth-order valence-electron chi connectivity index (χ4n) is 2.69. The Kier molecular flexibility index (Phi) is 4.88. The number of hydrogen-bond donors (Lipinski definition) is 1. The van der Waals surface area contributed by atoms with Crippen LogP contribution in [0, 0.1) is 5.92 Å². The fraction of sp³-hybridized carbons (Fsp3) is 0.533. The molecule has 0 saturated carbocycles. The van der Waals surface area contributed by atoms with E-state index in [0.717, 1.165) is 5.56 Å². The Labute approximate surface area is 121 Å². The molecule has 0 unspecified atom stereocenters. The summed E-state index contributed by atoms with van der Waals surface area (Å²) >= 11 is 0. The van der Waals surface area contributed by atoms with Crippen molar-refractivity contribution in [3.8, 4) is 0 Å². The molecule has 0 amide bonds. The van der Waals surface area contributed by atoms with Crippen LogP contribution >= 0.6 is 0 Å². The molecule has 3 nitrogen and oxygen atoms in total. The number of carboxylic acids is 1. The van der Waals surface area contributed by atoms with Gasteiger partial charge in [-0.2, -0.15) is 13.2 Å². The minimum atomic E-state index is -4.07. The molecular formula is C15H18F3NO2. The van der Waals surface area contributed by atoms with Crippen LogP contribution in [0.3, 0.4) is 0 Å². The van der Waals surface area contributed by atoms with Crippen LogP contribution in [0.2, 0.25) is 0 Å². The van der Waals surface area contributed by atoms with Crippen LogP contribution in [0.25, 0.3) is 0 Å². The number of aromatic carboxylic acids is 1. The van der Waals surface area contributed by atoms with Gasteiger partial charge in [-0.25, -0.2) is 4.79 Å². The van der Waals surface area contributed by atoms with Gasteiger partial charge in [-0.1, -0.05) is 12.1 Å². The lowest BCUT2D eigenvalue weighted by Gasteiger charge is -2.32. The molecule has 1 aliphatic rings. The molecule has 1 aromatic rings. The fourth-order valence-corrected chi connectivity index (χ4v) is 2.69. The topological polar surface area (TPSA) is 40.5 Å². The highest BCUT2D eigenvalue weighted by atomic mass is 19.4. The van der Waals surface area contributed by atoms with E-state index in [1.807, 2.05) is 0 Å². The van der Waals surface area contributed by atoms with Crippen molar-refractivity contribution in [2.45, 2.75) is 32.0 Å². The molecule has 0 bridgehead atoms. The van der Waals surface area contributed by atoms with Gasteiger partial charge in [0.25, 0.3) is 0 Å². The van der Waals surface area contributed by atoms with Crippen LogP contribution in [0.15, 0.2) is 24.3 Å². The number of halogens is 3. The first-order chi connectivity index (χ1) is 9.83. The minimum Gasteiger partial charge on any atom is -0.478 e. The van der Waals surface area contributed by atoms with Gasteiger partial charge in [0.2, 0.25) is 0 Å². The number of benzene rings is 1. The maximum Gasteiger partial charge on any atom is 0.389 e. The summed E-state index contributed by atoms with van der Waals surface area (Å²) in [4.78, 5) is 12.9. The summed E-state index contributed by atoms with van der Waals surface area (Å²) in [6, 6.07) is 6.61. The lowest BCUT2D eigenvalue weighted by Crippen LogP contribution is -2.34. The van der Waals surface area contributed by atoms with E-state index < -0.39 is 18.6 Å². The normalized spacial score (nSPS) is 17.9. The zero-order valence-electron chi connectivity index (χ0n) is 11.6. The number of nitrogens with zero attached hydrogens (tertiary/aromatic N) is 1. The van der Waals surface area contributed by atoms with Crippen molar-refractivity contribution >= 4 is 5.97 Å². The molecule has 2 rings (SSSR count). The first-order valence-electron chi connectivity index (χ1n) is 6.95. The van der Waals surface area contributed by atoms with E-state index in [1.54, 1.807) is 24.3 Å². The number of carbonyl (C=O) groups is 1. The summed E-state index contributed by atoms with van der Waals surface area (Å²) in [5.74, 6) is -1.23. The van der Waals surface area contributed by atoms with Crippen LogP contribution in [0.1, 0.15) is 35.2 Å². The summed E-state index contributed by atoms with van der Waals surface area (Å²) < 4.78 is 37.0. The number of rotatable bonds is 4. The molecule has 1 N–H and O–H groups in total. The molecule has 0 atom stereocenters. The summed E-state index contributed by atoms with van der Waals surface area (Å²) in [5.41, 5.74) is 1.22. The standard InChI is InChI=1S/C15H18F3NO2/c16-15(17,18)9-11-5-7-19(8-6-11)10-12-1-3-13(4-2-12)14(20)21/h1-4,11H,5-10H2,(H,20,21). The molecule has 0 spiro atoms. The summed E-state index contributed by atoms with van der Waals surface area (Å²) in [6.45, 7) is 1.96. The third-order valence-electron chi connectivity index (χ3n) is 3.83. The second-order valence-corrected chi connectivity index (χ2v) is 5.54. The molecule has 1 fully saturated rings. The Balaban J connectivity index is 1.82. The lowest BCUT2D eigenvalue weighted by molar-refractivity contribution is -0.147. The Hall–Kier alpha value is -1.56. The van der Waals surface area contributed by atoms with Crippen molar-refractivity contribution in [3.05, 3.63) is 35.4 Å². The second-order valence-electron chi connectivity index (χ2n) is 5.54. The molecule has 1 aromatic carbocycles. The average Bonchev–Trinajstić information content (AvgIpc) is 2.40. The number of carboxylic acid groups (broad SMARTS) is 1. The van der Waals surface area contributed by atoms with Crippen molar-refractivity contribution in [1.82, 2.24) is 4.90 Å². The Bertz CT molecular complexity index is 477. The minimum absolute atomic E-state index is 0.239. The van der Waals surface area contributed by atoms with Crippen LogP contribution in [-0.4, -0.2) is 35.2 Å². The van der Waals surface area contributed by atoms with E-state index in [0.29, 0.717) is 32.5 Å². The first kappa shape index (κ1) is 15.8. The number of piperidine rings is 1. The molecule has 0 aliphatic carbocycles. The maximum atomic E-state index is 12.3. The van der Waals surface area contributed by atoms with Gasteiger partial charge >= 0.3 is 12.1 Å². The van der Waals surface area contributed by atoms with E-state index in [-0.39, 0.29) is 11.5 Å². The van der Waals surface area contributed by atoms with E-state index in [9.17, 15) is 18.0 Å². The molecule has 1 saturated heterocycles. The monoisotopic (exact) mass is 301 g/mol. The molecule has 0 aromatic heterocycles. The smallest absolute Gasteiger partial charge is 0.389 e. The van der Waals surface area contributed by atoms with E-state index in [1.165, 1.54) is 0 Å². The van der Waals surface area contributed by atoms with Crippen molar-refractivity contribution in [3.63, 3.8) is 0 Å². The Morgan fingerprint density at radius 3 is 2.24 bits per heavy atom. The predicted molar refractivity (Wildman–Crippen MR) is 72.1 cm³/mol. The van der Waals surface area contributed by atoms with Gasteiger partial charge in [0.1, 0.15) is 0 Å². The molecular weight excluding hydrogens is 283 g/mol. The highest BCUT2D eigenvalue weighted by molar-refractivity contribution is 5.87. The highest BCUT2D eigenvalue weighted by Gasteiger charge is 2.33. The van der Waals surface area contributed by atoms with E-state index in [4.69, 9.17) is 5.11 Å². The average molecular weight is 301 g/mol. The van der Waals surface area contributed by atoms with Crippen molar-refractivity contribution in [1.29, 1.82) is 0 Å². The number of likely N-dealkylation sites (tertiary alicyclic amines) is 1. The number of alkyl halides is 3. The van der Waals surface area contributed by atoms with Gasteiger partial charge in [-0.15, -0.1) is 0 Å². The van der Waals surface area contributed by atoms with Gasteiger partial charge < -0.3 is 5.11 Å². The molecule has 1 aliphatic heterocycles. The van der Waals surface area contributed by atoms with Crippen LogP contribution in [-0.2, 0) is 6.54 Å². The van der Waals surface area contributed by atoms with Gasteiger partial charge in [-0.05, 0) is 49.5 Å². The van der Waals surface area contributed by atoms with Crippen LogP contribution in [0.4, 0.5) is 13.2 Å². The molecule has 6 heteroatoms. The van der Waals surface area contributed by atoms with Crippen LogP contribution < -0.4 is 0 Å².